The average molecular weight is 466 g/mol. The van der Waals surface area contributed by atoms with E-state index in [-0.39, 0.29) is 0 Å². The van der Waals surface area contributed by atoms with Crippen molar-refractivity contribution < 1.29 is 27.6 Å². The number of nitrogens with zero attached hydrogens (tertiary/aromatic N) is 2. The van der Waals surface area contributed by atoms with Crippen LogP contribution >= 0.6 is 0 Å². The van der Waals surface area contributed by atoms with E-state index in [1.807, 2.05) is 86.9 Å². The van der Waals surface area contributed by atoms with Crippen LogP contribution in [0.15, 0.2) is 77.8 Å². The van der Waals surface area contributed by atoms with Gasteiger partial charge in [-0.3, -0.25) is 0 Å². The van der Waals surface area contributed by atoms with Crippen LogP contribution in [0.3, 0.4) is 0 Å². The van der Waals surface area contributed by atoms with Crippen LogP contribution in [0.5, 0.6) is 0 Å². The number of hydrogen-bond donors (Lipinski definition) is 0. The monoisotopic (exact) mass is 466 g/mol. The van der Waals surface area contributed by atoms with Crippen LogP contribution in [-0.4, -0.2) is 43.7 Å². The fourth-order valence-electron chi connectivity index (χ4n) is 2.57. The number of allylic oxidation sites excluding steroid dienone is 2. The molecule has 0 N–H and O–H groups in total. The third-order valence-corrected chi connectivity index (χ3v) is 8.78. The Morgan fingerprint density at radius 3 is 2.00 bits per heavy atom. The minimum absolute atomic E-state index is 0.466. The summed E-state index contributed by atoms with van der Waals surface area (Å²) in [5, 5.41) is 0. The maximum absolute atomic E-state index is 11.5. The van der Waals surface area contributed by atoms with Gasteiger partial charge < -0.3 is 0 Å². The van der Waals surface area contributed by atoms with E-state index in [1.165, 1.54) is 0 Å². The summed E-state index contributed by atoms with van der Waals surface area (Å²) in [6, 6.07) is 18.8. The third-order valence-electron chi connectivity index (χ3n) is 3.70. The van der Waals surface area contributed by atoms with E-state index < -0.39 is 24.0 Å². The molecule has 6 nitrogen and oxygen atoms in total. The zero-order valence-corrected chi connectivity index (χ0v) is 17.8. The van der Waals surface area contributed by atoms with Gasteiger partial charge in [0.2, 0.25) is 0 Å². The first-order chi connectivity index (χ1) is 13.3. The average Bonchev–Trinajstić information content (AvgIpc) is 2.66. The molecule has 0 spiro atoms. The number of hydrogen-bond acceptors (Lipinski definition) is 5. The summed E-state index contributed by atoms with van der Waals surface area (Å²) in [5.74, 6) is 0. The van der Waals surface area contributed by atoms with Gasteiger partial charge in [0, 0.05) is 0 Å². The van der Waals surface area contributed by atoms with Crippen molar-refractivity contribution in [2.24, 2.45) is 4.99 Å². The van der Waals surface area contributed by atoms with Crippen LogP contribution in [0.4, 0.5) is 0 Å². The van der Waals surface area contributed by atoms with Crippen molar-refractivity contribution in [3.63, 3.8) is 0 Å². The second-order valence-electron chi connectivity index (χ2n) is 6.07. The zero-order valence-electron chi connectivity index (χ0n) is 15.3. The number of aliphatic imine (C=N–C) groups is 1. The Balaban J connectivity index is 2.23. The van der Waals surface area contributed by atoms with E-state index in [0.717, 1.165) is 16.7 Å². The molecule has 0 saturated heterocycles. The van der Waals surface area contributed by atoms with Crippen LogP contribution in [0.1, 0.15) is 11.1 Å². The van der Waals surface area contributed by atoms with E-state index in [9.17, 15) is 14.0 Å². The van der Waals surface area contributed by atoms with Gasteiger partial charge in [-0.2, -0.15) is 0 Å². The quantitative estimate of drug-likeness (QED) is 0.338. The Bertz CT molecular complexity index is 949. The van der Waals surface area contributed by atoms with Gasteiger partial charge in [0.05, 0.1) is 0 Å². The molecular weight excluding hydrogens is 447 g/mol. The third kappa shape index (κ3) is 5.25. The van der Waals surface area contributed by atoms with Gasteiger partial charge in [0.15, 0.2) is 0 Å². The molecule has 0 radical (unpaired) electrons. The Morgan fingerprint density at radius 1 is 0.893 bits per heavy atom. The molecule has 0 saturated carbocycles. The van der Waals surface area contributed by atoms with Crippen molar-refractivity contribution in [2.75, 3.05) is 14.1 Å². The first-order valence-corrected chi connectivity index (χ1v) is 12.0. The Hall–Kier alpha value is -2.09. The standard InChI is InChI=1S/C20H19ClN2O4Se/c1-23(2)15-22-20-18(16-9-5-3-6-10-16)13-14-19(17-11-7-4-8-12-17)28(20)27-21(24,25)26/h3-15H,1-2H3. The summed E-state index contributed by atoms with van der Waals surface area (Å²) in [4.78, 5) is 6.25. The molecule has 1 unspecified atom stereocenters. The molecule has 0 aliphatic carbocycles. The predicted octanol–water partition coefficient (Wildman–Crippen LogP) is -0.0867. The molecular formula is C20H19ClN2O4Se. The summed E-state index contributed by atoms with van der Waals surface area (Å²) in [7, 11) is -0.988. The van der Waals surface area contributed by atoms with E-state index in [1.54, 1.807) is 11.2 Å². The van der Waals surface area contributed by atoms with Gasteiger partial charge in [-0.15, -0.1) is 0 Å². The molecule has 2 aromatic carbocycles. The number of benzene rings is 2. The summed E-state index contributed by atoms with van der Waals surface area (Å²) in [6.07, 6.45) is 5.28. The fraction of sp³-hybridized carbons (Fsp3) is 0.100. The molecule has 1 atom stereocenters. The summed E-state index contributed by atoms with van der Waals surface area (Å²) >= 11 is -2.75. The maximum atomic E-state index is 11.5. The van der Waals surface area contributed by atoms with E-state index in [4.69, 9.17) is 3.37 Å². The van der Waals surface area contributed by atoms with E-state index in [2.05, 4.69) is 4.99 Å². The molecule has 1 aliphatic rings. The van der Waals surface area contributed by atoms with Crippen LogP contribution in [0, 0.1) is 10.2 Å². The van der Waals surface area contributed by atoms with Gasteiger partial charge in [-0.25, -0.2) is 0 Å². The van der Waals surface area contributed by atoms with Gasteiger partial charge in [-0.05, 0) is 0 Å². The van der Waals surface area contributed by atoms with E-state index >= 15 is 0 Å². The fourth-order valence-corrected chi connectivity index (χ4v) is 7.30. The minimum atomic E-state index is -4.61. The molecule has 1 heterocycles. The van der Waals surface area contributed by atoms with Crippen molar-refractivity contribution in [1.29, 1.82) is 0 Å². The molecule has 0 bridgehead atoms. The van der Waals surface area contributed by atoms with Gasteiger partial charge in [-0.1, -0.05) is 0 Å². The first-order valence-electron chi connectivity index (χ1n) is 8.31. The second-order valence-corrected chi connectivity index (χ2v) is 10.6. The SMILES string of the molecule is CN(C)C=NC1=[Se](O[Cl+3]([O-])([O-])[O-])C(c2ccccc2)=CC=C1c1ccccc1. The van der Waals surface area contributed by atoms with E-state index in [0.29, 0.717) is 9.01 Å². The molecule has 0 fully saturated rings. The van der Waals surface area contributed by atoms with Crippen molar-refractivity contribution in [2.45, 2.75) is 0 Å². The predicted molar refractivity (Wildman–Crippen MR) is 103 cm³/mol. The topological polar surface area (TPSA) is 94.0 Å². The van der Waals surface area contributed by atoms with Crippen LogP contribution in [0.25, 0.3) is 10.0 Å². The Kier molecular flexibility index (Phi) is 6.59. The van der Waals surface area contributed by atoms with Crippen molar-refractivity contribution in [3.05, 3.63) is 83.9 Å². The van der Waals surface area contributed by atoms with Crippen molar-refractivity contribution >= 4 is 34.7 Å². The molecule has 28 heavy (non-hydrogen) atoms. The summed E-state index contributed by atoms with van der Waals surface area (Å²) < 4.78 is 40.7. The molecule has 2 aromatic rings. The summed E-state index contributed by atoms with van der Waals surface area (Å²) in [5.41, 5.74) is 2.41. The molecule has 146 valence electrons. The van der Waals surface area contributed by atoms with Gasteiger partial charge >= 0.3 is 170 Å². The van der Waals surface area contributed by atoms with Crippen molar-refractivity contribution in [1.82, 2.24) is 4.90 Å². The Morgan fingerprint density at radius 2 is 1.46 bits per heavy atom. The molecule has 8 heteroatoms. The van der Waals surface area contributed by atoms with Crippen LogP contribution in [-0.2, 0) is 3.37 Å². The molecule has 3 rings (SSSR count). The molecule has 1 aliphatic heterocycles. The van der Waals surface area contributed by atoms with Crippen LogP contribution in [0.2, 0.25) is 0 Å². The molecule has 0 amide bonds. The first kappa shape index (κ1) is 20.6. The Labute approximate surface area is 170 Å². The zero-order chi connectivity index (χ0) is 20.1. The van der Waals surface area contributed by atoms with Gasteiger partial charge in [0.25, 0.3) is 0 Å². The number of rotatable bonds is 6. The second kappa shape index (κ2) is 8.94. The van der Waals surface area contributed by atoms with Crippen LogP contribution < -0.4 is 14.0 Å². The van der Waals surface area contributed by atoms with Crippen molar-refractivity contribution in [3.8, 4) is 0 Å². The normalized spacial score (nSPS) is 17.5. The summed E-state index contributed by atoms with van der Waals surface area (Å²) in [6.45, 7) is 0. The number of halogens is 1. The molecule has 0 aromatic heterocycles. The van der Waals surface area contributed by atoms with Gasteiger partial charge in [0.1, 0.15) is 0 Å².